The van der Waals surface area contributed by atoms with E-state index in [0.29, 0.717) is 12.5 Å². The number of aryl methyl sites for hydroxylation is 1. The minimum Gasteiger partial charge on any atom is -0.489 e. The van der Waals surface area contributed by atoms with Crippen LogP contribution in [-0.2, 0) is 0 Å². The average molecular weight is 319 g/mol. The predicted octanol–water partition coefficient (Wildman–Crippen LogP) is 4.18. The van der Waals surface area contributed by atoms with Gasteiger partial charge in [0.25, 0.3) is 0 Å². The Balaban J connectivity index is 1.70. The number of benzene rings is 1. The number of fused-ring (bicyclic) bond motifs is 2. The van der Waals surface area contributed by atoms with Crippen LogP contribution in [0.3, 0.4) is 0 Å². The molecule has 23 heavy (non-hydrogen) atoms. The minimum atomic E-state index is 0.165. The Morgan fingerprint density at radius 3 is 2.52 bits per heavy atom. The Labute approximate surface area is 139 Å². The molecule has 3 atom stereocenters. The van der Waals surface area contributed by atoms with E-state index in [4.69, 9.17) is 9.47 Å². The monoisotopic (exact) mass is 319 g/mol. The van der Waals surface area contributed by atoms with Crippen LogP contribution in [0.2, 0.25) is 0 Å². The molecule has 0 aromatic heterocycles. The summed E-state index contributed by atoms with van der Waals surface area (Å²) >= 11 is 0. The summed E-state index contributed by atoms with van der Waals surface area (Å²) in [6, 6.07) is 6.64. The van der Waals surface area contributed by atoms with Gasteiger partial charge >= 0.3 is 0 Å². The Bertz CT molecular complexity index is 517. The van der Waals surface area contributed by atoms with E-state index in [9.17, 15) is 5.21 Å². The van der Waals surface area contributed by atoms with Crippen molar-refractivity contribution in [3.63, 3.8) is 0 Å². The molecule has 2 bridgehead atoms. The maximum Gasteiger partial charge on any atom is 0.161 e. The smallest absolute Gasteiger partial charge is 0.161 e. The molecular formula is C19H29NO3. The lowest BCUT2D eigenvalue weighted by molar-refractivity contribution is -0.207. The summed E-state index contributed by atoms with van der Waals surface area (Å²) in [5.74, 6) is 2.17. The molecule has 2 fully saturated rings. The van der Waals surface area contributed by atoms with Gasteiger partial charge in [0.05, 0.1) is 6.61 Å². The maximum atomic E-state index is 10.2. The second-order valence-electron chi connectivity index (χ2n) is 7.48. The molecule has 1 aromatic rings. The lowest BCUT2D eigenvalue weighted by Gasteiger charge is -2.44. The lowest BCUT2D eigenvalue weighted by atomic mass is 9.85. The van der Waals surface area contributed by atoms with E-state index in [1.807, 2.05) is 6.07 Å². The van der Waals surface area contributed by atoms with Gasteiger partial charge in [-0.05, 0) is 43.4 Å². The molecule has 4 heteroatoms. The van der Waals surface area contributed by atoms with Crippen LogP contribution in [0.1, 0.15) is 51.5 Å². The summed E-state index contributed by atoms with van der Waals surface area (Å²) in [6.07, 6.45) is 5.30. The first-order valence-corrected chi connectivity index (χ1v) is 8.90. The fourth-order valence-corrected chi connectivity index (χ4v) is 3.66. The summed E-state index contributed by atoms with van der Waals surface area (Å²) in [6.45, 7) is 7.06. The molecule has 0 amide bonds. The molecule has 128 valence electrons. The van der Waals surface area contributed by atoms with Gasteiger partial charge in [0.15, 0.2) is 11.5 Å². The molecule has 2 aliphatic rings. The third kappa shape index (κ3) is 3.99. The highest BCUT2D eigenvalue weighted by Crippen LogP contribution is 2.37. The number of ether oxygens (including phenoxy) is 2. The molecule has 1 unspecified atom stereocenters. The second kappa shape index (κ2) is 7.10. The lowest BCUT2D eigenvalue weighted by Crippen LogP contribution is -2.52. The van der Waals surface area contributed by atoms with Crippen molar-refractivity contribution in [3.8, 4) is 11.5 Å². The van der Waals surface area contributed by atoms with Crippen LogP contribution in [0.25, 0.3) is 0 Å². The summed E-state index contributed by atoms with van der Waals surface area (Å²) in [7, 11) is 0. The Hall–Kier alpha value is -1.26. The molecule has 2 saturated heterocycles. The van der Waals surface area contributed by atoms with Crippen molar-refractivity contribution < 1.29 is 14.7 Å². The first kappa shape index (κ1) is 16.6. The van der Waals surface area contributed by atoms with Crippen LogP contribution in [0.15, 0.2) is 18.2 Å². The number of piperidine rings is 2. The van der Waals surface area contributed by atoms with Gasteiger partial charge in [-0.15, -0.1) is 0 Å². The number of hydrogen-bond donors (Lipinski definition) is 1. The third-order valence-electron chi connectivity index (χ3n) is 4.86. The van der Waals surface area contributed by atoms with E-state index in [1.54, 1.807) is 5.06 Å². The van der Waals surface area contributed by atoms with Gasteiger partial charge in [0.2, 0.25) is 0 Å². The molecule has 1 aromatic carbocycles. The quantitative estimate of drug-likeness (QED) is 0.884. The van der Waals surface area contributed by atoms with Gasteiger partial charge < -0.3 is 14.7 Å². The Kier molecular flexibility index (Phi) is 5.12. The van der Waals surface area contributed by atoms with Crippen molar-refractivity contribution >= 4 is 0 Å². The first-order chi connectivity index (χ1) is 11.0. The molecule has 0 spiro atoms. The molecule has 4 nitrogen and oxygen atoms in total. The van der Waals surface area contributed by atoms with Crippen molar-refractivity contribution in [2.45, 2.75) is 71.1 Å². The van der Waals surface area contributed by atoms with E-state index < -0.39 is 0 Å². The van der Waals surface area contributed by atoms with E-state index >= 15 is 0 Å². The first-order valence-electron chi connectivity index (χ1n) is 8.90. The minimum absolute atomic E-state index is 0.165. The van der Waals surface area contributed by atoms with Gasteiger partial charge in [0, 0.05) is 24.9 Å². The summed E-state index contributed by atoms with van der Waals surface area (Å²) in [5.41, 5.74) is 1.18. The highest BCUT2D eigenvalue weighted by Gasteiger charge is 2.38. The summed E-state index contributed by atoms with van der Waals surface area (Å²) in [4.78, 5) is 0. The molecule has 3 rings (SSSR count). The van der Waals surface area contributed by atoms with E-state index in [2.05, 4.69) is 32.9 Å². The topological polar surface area (TPSA) is 41.9 Å². The molecule has 2 aliphatic heterocycles. The number of nitrogens with zero attached hydrogens (tertiary/aromatic N) is 1. The predicted molar refractivity (Wildman–Crippen MR) is 90.2 cm³/mol. The summed E-state index contributed by atoms with van der Waals surface area (Å²) < 4.78 is 12.2. The van der Waals surface area contributed by atoms with Gasteiger partial charge in [-0.1, -0.05) is 26.3 Å². The van der Waals surface area contributed by atoms with Crippen molar-refractivity contribution in [3.05, 3.63) is 23.8 Å². The van der Waals surface area contributed by atoms with Gasteiger partial charge in [-0.3, -0.25) is 0 Å². The van der Waals surface area contributed by atoms with Crippen molar-refractivity contribution in [1.29, 1.82) is 0 Å². The van der Waals surface area contributed by atoms with Gasteiger partial charge in [-0.2, -0.15) is 5.06 Å². The van der Waals surface area contributed by atoms with Crippen LogP contribution in [-0.4, -0.2) is 35.1 Å². The van der Waals surface area contributed by atoms with E-state index in [0.717, 1.165) is 37.2 Å². The van der Waals surface area contributed by atoms with E-state index in [1.165, 1.54) is 12.0 Å². The normalized spacial score (nSPS) is 28.0. The number of hydroxylamine groups is 2. The van der Waals surface area contributed by atoms with Crippen LogP contribution in [0.5, 0.6) is 11.5 Å². The van der Waals surface area contributed by atoms with Crippen LogP contribution < -0.4 is 9.47 Å². The standard InChI is InChI=1S/C19H29NO3/c1-13(2)12-22-19-9-14(3)7-8-18(19)23-17-10-15-5-4-6-16(11-17)20(15)21/h7-9,13,15-17,21H,4-6,10-12H2,1-3H3/t15-,16+,17?. The third-order valence-corrected chi connectivity index (χ3v) is 4.86. The van der Waals surface area contributed by atoms with Crippen molar-refractivity contribution in [2.24, 2.45) is 5.92 Å². The Morgan fingerprint density at radius 1 is 1.17 bits per heavy atom. The molecule has 2 heterocycles. The SMILES string of the molecule is Cc1ccc(OC2C[C@H]3CCC[C@@H](C2)N3O)c(OCC(C)C)c1. The highest BCUT2D eigenvalue weighted by atomic mass is 16.5. The largest absolute Gasteiger partial charge is 0.489 e. The zero-order valence-corrected chi connectivity index (χ0v) is 14.5. The molecule has 0 aliphatic carbocycles. The van der Waals surface area contributed by atoms with Crippen LogP contribution in [0, 0.1) is 12.8 Å². The van der Waals surface area contributed by atoms with E-state index in [-0.39, 0.29) is 18.2 Å². The average Bonchev–Trinajstić information content (AvgIpc) is 2.48. The zero-order chi connectivity index (χ0) is 16.4. The highest BCUT2D eigenvalue weighted by molar-refractivity contribution is 5.42. The number of rotatable bonds is 5. The fourth-order valence-electron chi connectivity index (χ4n) is 3.66. The second-order valence-corrected chi connectivity index (χ2v) is 7.48. The molecule has 1 N–H and O–H groups in total. The fraction of sp³-hybridized carbons (Fsp3) is 0.684. The molecular weight excluding hydrogens is 290 g/mol. The maximum absolute atomic E-state index is 10.2. The van der Waals surface area contributed by atoms with Crippen LogP contribution in [0.4, 0.5) is 0 Å². The molecule has 0 radical (unpaired) electrons. The van der Waals surface area contributed by atoms with Crippen molar-refractivity contribution in [1.82, 2.24) is 5.06 Å². The van der Waals surface area contributed by atoms with Gasteiger partial charge in [-0.25, -0.2) is 0 Å². The molecule has 0 saturated carbocycles. The number of hydrogen-bond acceptors (Lipinski definition) is 4. The van der Waals surface area contributed by atoms with Crippen LogP contribution >= 0.6 is 0 Å². The van der Waals surface area contributed by atoms with Crippen molar-refractivity contribution in [2.75, 3.05) is 6.61 Å². The zero-order valence-electron chi connectivity index (χ0n) is 14.5. The summed E-state index contributed by atoms with van der Waals surface area (Å²) in [5, 5.41) is 11.7. The Morgan fingerprint density at radius 2 is 1.87 bits per heavy atom. The van der Waals surface area contributed by atoms with Gasteiger partial charge in [0.1, 0.15) is 6.10 Å².